The molecule has 0 aliphatic rings. The molecule has 14 rings (SSSR count). The minimum absolute atomic E-state index is 0.844. The van der Waals surface area contributed by atoms with E-state index in [0.717, 1.165) is 71.8 Å². The van der Waals surface area contributed by atoms with Crippen LogP contribution in [0.1, 0.15) is 0 Å². The predicted octanol–water partition coefficient (Wildman–Crippen LogP) is 12.3. The zero-order valence-corrected chi connectivity index (χ0v) is 36.7. The molecule has 0 bridgehead atoms. The number of pyridine rings is 2. The second kappa shape index (κ2) is 13.9. The van der Waals surface area contributed by atoms with Crippen LogP contribution in [0.2, 0.25) is 0 Å². The summed E-state index contributed by atoms with van der Waals surface area (Å²) < 4.78 is 14.7. The van der Waals surface area contributed by atoms with Crippen LogP contribution in [0, 0.1) is 0 Å². The Hall–Kier alpha value is -8.10. The molecule has 7 heteroatoms. The van der Waals surface area contributed by atoms with Crippen LogP contribution in [0.5, 0.6) is 0 Å². The molecule has 0 saturated carbocycles. The number of para-hydroxylation sites is 4. The van der Waals surface area contributed by atoms with Crippen LogP contribution in [-0.2, 0) is 0 Å². The molecule has 0 unspecified atom stereocenters. The first-order chi connectivity index (χ1) is 32.3. The molecule has 65 heavy (non-hydrogen) atoms. The Balaban J connectivity index is 1.10. The highest BCUT2D eigenvalue weighted by molar-refractivity contribution is 7.31. The number of hydrogen-bond acceptors (Lipinski definition) is 4. The number of benzene rings is 8. The van der Waals surface area contributed by atoms with E-state index >= 15 is 0 Å². The molecule has 6 heterocycles. The summed E-state index contributed by atoms with van der Waals surface area (Å²) in [4.78, 5) is 9.94. The van der Waals surface area contributed by atoms with Gasteiger partial charge >= 0.3 is 0 Å². The molecule has 0 aliphatic heterocycles. The molecular weight excluding hydrogens is 829 g/mol. The van der Waals surface area contributed by atoms with Gasteiger partial charge in [-0.1, -0.05) is 158 Å². The molecule has 304 valence electrons. The molecule has 14 aromatic rings. The molecule has 0 fully saturated rings. The molecule has 0 amide bonds. The molecule has 0 saturated heterocycles. The Morgan fingerprint density at radius 1 is 0.354 bits per heavy atom. The molecule has 0 N–H and O–H groups in total. The van der Waals surface area contributed by atoms with Crippen molar-refractivity contribution in [2.75, 3.05) is 0 Å². The number of furan rings is 1. The number of thiophene rings is 1. The van der Waals surface area contributed by atoms with Crippen molar-refractivity contribution >= 4 is 126 Å². The second-order valence-electron chi connectivity index (χ2n) is 16.8. The van der Waals surface area contributed by atoms with Crippen LogP contribution in [0.15, 0.2) is 223 Å². The Morgan fingerprint density at radius 3 is 1.45 bits per heavy atom. The standard InChI is InChI=1S/C58H36N4OSSi/c1-3-17-37(18-4-1)65(38-19-5-2-6-20-38,51-33-13-24-42-41-23-11-31-49(53(41)63-54(42)51)61-47-29-9-7-21-39(47)45-27-15-35-59-57(45)61)52-34-14-26-44-43-25-12-32-50(55(43)64-56(44)52)62-48-30-10-8-22-40(48)46-28-16-36-60-58(46)62/h1-36H. The fourth-order valence-corrected chi connectivity index (χ4v) is 17.7. The van der Waals surface area contributed by atoms with E-state index in [1.165, 1.54) is 46.3 Å². The molecule has 6 aromatic heterocycles. The van der Waals surface area contributed by atoms with Gasteiger partial charge in [-0.2, -0.15) is 0 Å². The van der Waals surface area contributed by atoms with Gasteiger partial charge in [0.15, 0.2) is 13.7 Å². The Morgan fingerprint density at radius 2 is 0.815 bits per heavy atom. The molecule has 0 aliphatic carbocycles. The maximum absolute atomic E-state index is 7.51. The van der Waals surface area contributed by atoms with Crippen molar-refractivity contribution in [3.8, 4) is 11.4 Å². The van der Waals surface area contributed by atoms with Gasteiger partial charge in [-0.15, -0.1) is 11.3 Å². The molecule has 5 nitrogen and oxygen atoms in total. The average Bonchev–Trinajstić information content (AvgIpc) is 4.14. The van der Waals surface area contributed by atoms with E-state index in [1.807, 2.05) is 35.9 Å². The first-order valence-corrected chi connectivity index (χ1v) is 24.8. The smallest absolute Gasteiger partial charge is 0.185 e. The van der Waals surface area contributed by atoms with Crippen LogP contribution in [0.25, 0.3) is 97.4 Å². The fourth-order valence-electron chi connectivity index (χ4n) is 10.9. The van der Waals surface area contributed by atoms with Gasteiger partial charge in [0, 0.05) is 60.2 Å². The minimum atomic E-state index is -3.22. The van der Waals surface area contributed by atoms with Crippen LogP contribution in [0.3, 0.4) is 0 Å². The number of rotatable bonds is 6. The summed E-state index contributed by atoms with van der Waals surface area (Å²) in [6.07, 6.45) is 3.79. The average molecular weight is 865 g/mol. The topological polar surface area (TPSA) is 48.8 Å². The van der Waals surface area contributed by atoms with Crippen molar-refractivity contribution in [1.82, 2.24) is 19.1 Å². The summed E-state index contributed by atoms with van der Waals surface area (Å²) in [5.74, 6) is 0. The van der Waals surface area contributed by atoms with Crippen molar-refractivity contribution in [1.29, 1.82) is 0 Å². The maximum atomic E-state index is 7.51. The first-order valence-electron chi connectivity index (χ1n) is 22.0. The van der Waals surface area contributed by atoms with Gasteiger partial charge in [0.1, 0.15) is 16.9 Å². The third-order valence-corrected chi connectivity index (χ3v) is 19.9. The second-order valence-corrected chi connectivity index (χ2v) is 21.6. The number of fused-ring (bicyclic) bond motifs is 12. The van der Waals surface area contributed by atoms with Crippen molar-refractivity contribution < 1.29 is 4.42 Å². The van der Waals surface area contributed by atoms with Crippen molar-refractivity contribution in [2.24, 2.45) is 0 Å². The summed E-state index contributed by atoms with van der Waals surface area (Å²) in [6, 6.07) is 75.2. The van der Waals surface area contributed by atoms with E-state index in [-0.39, 0.29) is 0 Å². The molecular formula is C58H36N4OSSi. The third-order valence-electron chi connectivity index (χ3n) is 13.6. The lowest BCUT2D eigenvalue weighted by molar-refractivity contribution is 0.668. The van der Waals surface area contributed by atoms with Crippen LogP contribution < -0.4 is 20.7 Å². The Bertz CT molecular complexity index is 3820. The first kappa shape index (κ1) is 36.4. The van der Waals surface area contributed by atoms with Gasteiger partial charge in [-0.3, -0.25) is 9.13 Å². The van der Waals surface area contributed by atoms with E-state index in [2.05, 4.69) is 203 Å². The predicted molar refractivity (Wildman–Crippen MR) is 274 cm³/mol. The van der Waals surface area contributed by atoms with E-state index in [9.17, 15) is 0 Å². The fraction of sp³-hybridized carbons (Fsp3) is 0. The Kier molecular flexibility index (Phi) is 7.81. The van der Waals surface area contributed by atoms with Crippen molar-refractivity contribution in [3.05, 3.63) is 219 Å². The quantitative estimate of drug-likeness (QED) is 0.124. The highest BCUT2D eigenvalue weighted by Crippen LogP contribution is 2.42. The summed E-state index contributed by atoms with van der Waals surface area (Å²) in [5, 5.41) is 14.4. The molecule has 0 radical (unpaired) electrons. The maximum Gasteiger partial charge on any atom is 0.185 e. The number of hydrogen-bond donors (Lipinski definition) is 0. The van der Waals surface area contributed by atoms with Crippen LogP contribution >= 0.6 is 11.3 Å². The molecule has 8 aromatic carbocycles. The lowest BCUT2D eigenvalue weighted by atomic mass is 10.1. The zero-order valence-electron chi connectivity index (χ0n) is 34.9. The summed E-state index contributed by atoms with van der Waals surface area (Å²) in [7, 11) is -3.22. The van der Waals surface area contributed by atoms with Crippen molar-refractivity contribution in [2.45, 2.75) is 0 Å². The molecule has 0 atom stereocenters. The summed E-state index contributed by atoms with van der Waals surface area (Å²) >= 11 is 1.90. The Labute approximate surface area is 377 Å². The largest absolute Gasteiger partial charge is 0.454 e. The van der Waals surface area contributed by atoms with Crippen LogP contribution in [0.4, 0.5) is 0 Å². The van der Waals surface area contributed by atoms with Gasteiger partial charge < -0.3 is 4.42 Å². The van der Waals surface area contributed by atoms with Crippen LogP contribution in [-0.4, -0.2) is 27.2 Å². The van der Waals surface area contributed by atoms with Gasteiger partial charge in [-0.25, -0.2) is 9.97 Å². The lowest BCUT2D eigenvalue weighted by Crippen LogP contribution is -2.74. The van der Waals surface area contributed by atoms with Gasteiger partial charge in [0.25, 0.3) is 0 Å². The number of nitrogens with zero attached hydrogens (tertiary/aromatic N) is 4. The summed E-state index contributed by atoms with van der Waals surface area (Å²) in [5.41, 5.74) is 7.98. The van der Waals surface area contributed by atoms with Crippen molar-refractivity contribution in [3.63, 3.8) is 0 Å². The van der Waals surface area contributed by atoms with Gasteiger partial charge in [0.2, 0.25) is 0 Å². The third kappa shape index (κ3) is 5.02. The highest BCUT2D eigenvalue weighted by Gasteiger charge is 2.45. The van der Waals surface area contributed by atoms with E-state index in [4.69, 9.17) is 14.4 Å². The molecule has 0 spiro atoms. The minimum Gasteiger partial charge on any atom is -0.454 e. The van der Waals surface area contributed by atoms with E-state index < -0.39 is 8.07 Å². The monoisotopic (exact) mass is 864 g/mol. The highest BCUT2D eigenvalue weighted by atomic mass is 32.1. The van der Waals surface area contributed by atoms with E-state index in [0.29, 0.717) is 0 Å². The van der Waals surface area contributed by atoms with E-state index in [1.54, 1.807) is 0 Å². The number of aromatic nitrogens is 4. The lowest BCUT2D eigenvalue weighted by Gasteiger charge is -2.34. The van der Waals surface area contributed by atoms with Gasteiger partial charge in [0.05, 0.1) is 27.1 Å². The van der Waals surface area contributed by atoms with Gasteiger partial charge in [-0.05, 0) is 69.3 Å². The SMILES string of the molecule is c1ccc([Si](c2ccccc2)(c2cccc3c2oc2c(-n4c5ccccc5c5cccnc54)cccc23)c2cccc3c2sc2c(-n4c5ccccc5c5cccnc54)cccc23)cc1. The summed E-state index contributed by atoms with van der Waals surface area (Å²) in [6.45, 7) is 0. The normalized spacial score (nSPS) is 12.3. The zero-order chi connectivity index (χ0) is 42.6.